The van der Waals surface area contributed by atoms with Crippen molar-refractivity contribution in [1.82, 2.24) is 5.32 Å². The van der Waals surface area contributed by atoms with Gasteiger partial charge in [-0.05, 0) is 37.4 Å². The maximum atomic E-state index is 6.23. The summed E-state index contributed by atoms with van der Waals surface area (Å²) in [4.78, 5) is 0. The summed E-state index contributed by atoms with van der Waals surface area (Å²) in [5, 5.41) is 3.46. The number of hydrogen-bond donors (Lipinski definition) is 1. The van der Waals surface area contributed by atoms with E-state index in [2.05, 4.69) is 67.1 Å². The fourth-order valence-corrected chi connectivity index (χ4v) is 2.33. The van der Waals surface area contributed by atoms with Crippen molar-refractivity contribution >= 4 is 15.9 Å². The molecule has 0 fully saturated rings. The van der Waals surface area contributed by atoms with Crippen LogP contribution in [-0.4, -0.2) is 19.2 Å². The second kappa shape index (κ2) is 8.72. The summed E-state index contributed by atoms with van der Waals surface area (Å²) >= 11 is 3.63. The van der Waals surface area contributed by atoms with E-state index < -0.39 is 0 Å². The van der Waals surface area contributed by atoms with Crippen LogP contribution in [0.4, 0.5) is 0 Å². The first-order valence-electron chi connectivity index (χ1n) is 7.16. The van der Waals surface area contributed by atoms with Crippen molar-refractivity contribution in [3.8, 4) is 0 Å². The van der Waals surface area contributed by atoms with Gasteiger partial charge in [0.2, 0.25) is 0 Å². The van der Waals surface area contributed by atoms with Crippen LogP contribution >= 0.6 is 15.9 Å². The van der Waals surface area contributed by atoms with Gasteiger partial charge in [-0.3, -0.25) is 0 Å². The minimum absolute atomic E-state index is 0.0968. The second-order valence-electron chi connectivity index (χ2n) is 5.30. The Morgan fingerprint density at radius 2 is 1.89 bits per heavy atom. The molecular formula is C16H26BrNO. The molecule has 1 aromatic carbocycles. The average Bonchev–Trinajstić information content (AvgIpc) is 2.38. The van der Waals surface area contributed by atoms with Crippen molar-refractivity contribution in [3.63, 3.8) is 0 Å². The highest BCUT2D eigenvalue weighted by Gasteiger charge is 2.19. The van der Waals surface area contributed by atoms with Crippen LogP contribution in [0.1, 0.15) is 45.8 Å². The van der Waals surface area contributed by atoms with E-state index >= 15 is 0 Å². The Kier molecular flexibility index (Phi) is 7.66. The summed E-state index contributed by atoms with van der Waals surface area (Å²) in [6.07, 6.45) is 1.49. The van der Waals surface area contributed by atoms with E-state index in [4.69, 9.17) is 4.74 Å². The Hall–Kier alpha value is -0.380. The smallest absolute Gasteiger partial charge is 0.0963 e. The van der Waals surface area contributed by atoms with E-state index in [1.165, 1.54) is 5.56 Å². The third kappa shape index (κ3) is 5.64. The van der Waals surface area contributed by atoms with Gasteiger partial charge in [0.15, 0.2) is 0 Å². The minimum atomic E-state index is 0.0968. The van der Waals surface area contributed by atoms with Crippen molar-refractivity contribution in [1.29, 1.82) is 0 Å². The summed E-state index contributed by atoms with van der Waals surface area (Å²) in [5.74, 6) is 0.524. The van der Waals surface area contributed by atoms with E-state index in [0.29, 0.717) is 5.92 Å². The van der Waals surface area contributed by atoms with Gasteiger partial charge in [0.25, 0.3) is 0 Å². The topological polar surface area (TPSA) is 21.3 Å². The number of hydrogen-bond acceptors (Lipinski definition) is 2. The largest absolute Gasteiger partial charge is 0.369 e. The molecule has 1 N–H and O–H groups in total. The second-order valence-corrected chi connectivity index (χ2v) is 6.15. The highest BCUT2D eigenvalue weighted by atomic mass is 79.9. The standard InChI is InChI=1S/C16H26BrNO/c1-5-10-18-11-16(19-13(4)12(2)3)14-8-6-7-9-15(14)17/h6-9,12-13,16,18H,5,10-11H2,1-4H3. The lowest BCUT2D eigenvalue weighted by molar-refractivity contribution is -0.0261. The summed E-state index contributed by atoms with van der Waals surface area (Å²) in [6.45, 7) is 10.6. The fraction of sp³-hybridized carbons (Fsp3) is 0.625. The predicted molar refractivity (Wildman–Crippen MR) is 85.4 cm³/mol. The summed E-state index contributed by atoms with van der Waals surface area (Å²) < 4.78 is 7.35. The zero-order valence-corrected chi connectivity index (χ0v) is 14.0. The van der Waals surface area contributed by atoms with E-state index in [-0.39, 0.29) is 12.2 Å². The summed E-state index contributed by atoms with van der Waals surface area (Å²) in [7, 11) is 0. The van der Waals surface area contributed by atoms with Gasteiger partial charge in [0.05, 0.1) is 12.2 Å². The van der Waals surface area contributed by atoms with E-state index in [1.54, 1.807) is 0 Å². The van der Waals surface area contributed by atoms with Crippen LogP contribution in [0.5, 0.6) is 0 Å². The number of halogens is 1. The van der Waals surface area contributed by atoms with Gasteiger partial charge in [-0.2, -0.15) is 0 Å². The van der Waals surface area contributed by atoms with Crippen molar-refractivity contribution < 1.29 is 4.74 Å². The zero-order valence-electron chi connectivity index (χ0n) is 12.4. The lowest BCUT2D eigenvalue weighted by atomic mass is 10.1. The summed E-state index contributed by atoms with van der Waals surface area (Å²) in [5.41, 5.74) is 1.22. The van der Waals surface area contributed by atoms with Gasteiger partial charge >= 0.3 is 0 Å². The molecule has 2 unspecified atom stereocenters. The lowest BCUT2D eigenvalue weighted by Crippen LogP contribution is -2.28. The molecule has 0 saturated heterocycles. The molecule has 2 nitrogen and oxygen atoms in total. The number of benzene rings is 1. The first kappa shape index (κ1) is 16.7. The molecule has 0 aliphatic rings. The molecule has 0 radical (unpaired) electrons. The van der Waals surface area contributed by atoms with Gasteiger partial charge in [-0.25, -0.2) is 0 Å². The van der Waals surface area contributed by atoms with E-state index in [0.717, 1.165) is 24.0 Å². The molecule has 0 aliphatic heterocycles. The van der Waals surface area contributed by atoms with Crippen LogP contribution < -0.4 is 5.32 Å². The number of nitrogens with one attached hydrogen (secondary N) is 1. The Bertz CT molecular complexity index is 368. The van der Waals surface area contributed by atoms with Gasteiger partial charge < -0.3 is 10.1 Å². The Morgan fingerprint density at radius 3 is 2.47 bits per heavy atom. The van der Waals surface area contributed by atoms with Crippen molar-refractivity contribution in [3.05, 3.63) is 34.3 Å². The van der Waals surface area contributed by atoms with E-state index in [1.807, 2.05) is 6.07 Å². The minimum Gasteiger partial charge on any atom is -0.369 e. The average molecular weight is 328 g/mol. The van der Waals surface area contributed by atoms with Crippen LogP contribution in [0.2, 0.25) is 0 Å². The maximum Gasteiger partial charge on any atom is 0.0963 e. The first-order valence-corrected chi connectivity index (χ1v) is 7.96. The third-order valence-electron chi connectivity index (χ3n) is 3.33. The Balaban J connectivity index is 2.77. The highest BCUT2D eigenvalue weighted by Crippen LogP contribution is 2.27. The molecule has 0 spiro atoms. The Morgan fingerprint density at radius 1 is 1.21 bits per heavy atom. The molecule has 0 saturated carbocycles. The number of rotatable bonds is 8. The van der Waals surface area contributed by atoms with E-state index in [9.17, 15) is 0 Å². The summed E-state index contributed by atoms with van der Waals surface area (Å²) in [6, 6.07) is 8.31. The SMILES string of the molecule is CCCNCC(OC(C)C(C)C)c1ccccc1Br. The molecule has 0 heterocycles. The van der Waals surface area contributed by atoms with Crippen LogP contribution in [0.3, 0.4) is 0 Å². The molecular weight excluding hydrogens is 302 g/mol. The zero-order chi connectivity index (χ0) is 14.3. The van der Waals surface area contributed by atoms with Crippen molar-refractivity contribution in [2.24, 2.45) is 5.92 Å². The first-order chi connectivity index (χ1) is 9.06. The molecule has 108 valence electrons. The predicted octanol–water partition coefficient (Wildman–Crippen LogP) is 4.55. The molecule has 3 heteroatoms. The van der Waals surface area contributed by atoms with Crippen molar-refractivity contribution in [2.75, 3.05) is 13.1 Å². The monoisotopic (exact) mass is 327 g/mol. The molecule has 2 atom stereocenters. The van der Waals surface area contributed by atoms with Crippen LogP contribution in [0.25, 0.3) is 0 Å². The van der Waals surface area contributed by atoms with Crippen LogP contribution in [0, 0.1) is 5.92 Å². The third-order valence-corrected chi connectivity index (χ3v) is 4.05. The lowest BCUT2D eigenvalue weighted by Gasteiger charge is -2.26. The molecule has 0 aromatic heterocycles. The van der Waals surface area contributed by atoms with Crippen LogP contribution in [0.15, 0.2) is 28.7 Å². The van der Waals surface area contributed by atoms with Gasteiger partial charge in [0, 0.05) is 11.0 Å². The molecule has 19 heavy (non-hydrogen) atoms. The highest BCUT2D eigenvalue weighted by molar-refractivity contribution is 9.10. The fourth-order valence-electron chi connectivity index (χ4n) is 1.79. The molecule has 1 rings (SSSR count). The maximum absolute atomic E-state index is 6.23. The molecule has 1 aromatic rings. The Labute approximate surface area is 126 Å². The number of ether oxygens (including phenoxy) is 1. The van der Waals surface area contributed by atoms with Crippen LogP contribution in [-0.2, 0) is 4.74 Å². The molecule has 0 aliphatic carbocycles. The molecule has 0 bridgehead atoms. The normalized spacial score (nSPS) is 14.6. The van der Waals surface area contributed by atoms with Gasteiger partial charge in [0.1, 0.15) is 0 Å². The van der Waals surface area contributed by atoms with Crippen molar-refractivity contribution in [2.45, 2.75) is 46.3 Å². The van der Waals surface area contributed by atoms with Gasteiger partial charge in [-0.1, -0.05) is 54.9 Å². The van der Waals surface area contributed by atoms with Gasteiger partial charge in [-0.15, -0.1) is 0 Å². The molecule has 0 amide bonds. The quantitative estimate of drug-likeness (QED) is 0.707.